The standard InChI is InChI=1S/C28H45N3O2/c1-17(29-19(3)32)26(33)31(6)21-11-13-27(4)20(15-21)7-8-22-24(27)12-14-28-16-30(5)18(2)23(28)9-10-25(22)28/h7,17-18,21-25H,8-16H2,1-6H3,(H,29,32)/t17-,18+,21+,22-,23-,24?,25+,27+,28+/m1/s1. The zero-order valence-electron chi connectivity index (χ0n) is 21.7. The molecule has 33 heavy (non-hydrogen) atoms. The Hall–Kier alpha value is -1.36. The maximum Gasteiger partial charge on any atom is 0.244 e. The van der Waals surface area contributed by atoms with Gasteiger partial charge in [0, 0.05) is 32.6 Å². The number of hydrogen-bond donors (Lipinski definition) is 1. The van der Waals surface area contributed by atoms with Crippen molar-refractivity contribution in [3.8, 4) is 0 Å². The molecular formula is C28H45N3O2. The molecule has 0 aromatic heterocycles. The van der Waals surface area contributed by atoms with Crippen LogP contribution in [0.5, 0.6) is 0 Å². The lowest BCUT2D eigenvalue weighted by atomic mass is 9.47. The van der Waals surface area contributed by atoms with E-state index < -0.39 is 6.04 Å². The van der Waals surface area contributed by atoms with Gasteiger partial charge in [-0.1, -0.05) is 18.6 Å². The second kappa shape index (κ2) is 8.10. The first-order valence-corrected chi connectivity index (χ1v) is 13.5. The van der Waals surface area contributed by atoms with Crippen LogP contribution in [0.3, 0.4) is 0 Å². The first-order chi connectivity index (χ1) is 15.6. The van der Waals surface area contributed by atoms with Crippen molar-refractivity contribution < 1.29 is 9.59 Å². The lowest BCUT2D eigenvalue weighted by Crippen LogP contribution is -2.54. The Labute approximate surface area is 200 Å². The zero-order chi connectivity index (χ0) is 23.7. The van der Waals surface area contributed by atoms with Crippen LogP contribution in [0.2, 0.25) is 0 Å². The first kappa shape index (κ1) is 23.4. The van der Waals surface area contributed by atoms with Gasteiger partial charge in [-0.15, -0.1) is 0 Å². The molecule has 5 heteroatoms. The molecule has 2 amide bonds. The number of likely N-dealkylation sites (N-methyl/N-ethyl adjacent to an activating group) is 1. The number of carbonyl (C=O) groups is 2. The third kappa shape index (κ3) is 3.43. The lowest BCUT2D eigenvalue weighted by Gasteiger charge is -2.58. The van der Waals surface area contributed by atoms with Gasteiger partial charge in [-0.3, -0.25) is 9.59 Å². The van der Waals surface area contributed by atoms with Crippen LogP contribution in [0.25, 0.3) is 0 Å². The Morgan fingerprint density at radius 3 is 2.61 bits per heavy atom. The molecule has 1 saturated heterocycles. The number of hydrogen-bond acceptors (Lipinski definition) is 3. The number of allylic oxidation sites excluding steroid dienone is 1. The summed E-state index contributed by atoms with van der Waals surface area (Å²) in [4.78, 5) is 28.9. The topological polar surface area (TPSA) is 52.7 Å². The number of carbonyl (C=O) groups excluding carboxylic acids is 2. The van der Waals surface area contributed by atoms with Crippen LogP contribution in [0.4, 0.5) is 0 Å². The van der Waals surface area contributed by atoms with Gasteiger partial charge in [-0.05, 0) is 107 Å². The quantitative estimate of drug-likeness (QED) is 0.648. The minimum atomic E-state index is -0.456. The van der Waals surface area contributed by atoms with E-state index in [1.807, 2.05) is 11.9 Å². The van der Waals surface area contributed by atoms with E-state index in [9.17, 15) is 9.59 Å². The van der Waals surface area contributed by atoms with E-state index in [0.29, 0.717) is 10.8 Å². The maximum atomic E-state index is 12.9. The number of rotatable bonds is 3. The summed E-state index contributed by atoms with van der Waals surface area (Å²) in [5.74, 6) is 3.37. The summed E-state index contributed by atoms with van der Waals surface area (Å²) in [6.07, 6.45) is 12.8. The molecule has 1 heterocycles. The number of nitrogens with zero attached hydrogens (tertiary/aromatic N) is 2. The van der Waals surface area contributed by atoms with Crippen LogP contribution in [0, 0.1) is 34.5 Å². The number of amides is 2. The van der Waals surface area contributed by atoms with Crippen LogP contribution in [-0.2, 0) is 9.59 Å². The van der Waals surface area contributed by atoms with Crippen molar-refractivity contribution in [1.29, 1.82) is 0 Å². The van der Waals surface area contributed by atoms with Gasteiger partial charge in [0.05, 0.1) is 0 Å². The van der Waals surface area contributed by atoms with E-state index in [-0.39, 0.29) is 17.9 Å². The molecule has 5 nitrogen and oxygen atoms in total. The zero-order valence-corrected chi connectivity index (χ0v) is 21.7. The predicted molar refractivity (Wildman–Crippen MR) is 131 cm³/mol. The van der Waals surface area contributed by atoms with Gasteiger partial charge in [-0.2, -0.15) is 0 Å². The van der Waals surface area contributed by atoms with Crippen molar-refractivity contribution in [2.24, 2.45) is 34.5 Å². The molecule has 9 atom stereocenters. The molecule has 1 aliphatic heterocycles. The van der Waals surface area contributed by atoms with Crippen molar-refractivity contribution in [3.63, 3.8) is 0 Å². The van der Waals surface area contributed by atoms with Crippen LogP contribution in [0.1, 0.15) is 79.1 Å². The fraction of sp³-hybridized carbons (Fsp3) is 0.857. The molecule has 1 spiro atoms. The second-order valence-electron chi connectivity index (χ2n) is 12.6. The van der Waals surface area contributed by atoms with E-state index in [1.54, 1.807) is 12.5 Å². The molecule has 0 radical (unpaired) electrons. The van der Waals surface area contributed by atoms with E-state index in [0.717, 1.165) is 42.6 Å². The smallest absolute Gasteiger partial charge is 0.244 e. The van der Waals surface area contributed by atoms with Gasteiger partial charge in [0.15, 0.2) is 0 Å². The highest BCUT2D eigenvalue weighted by molar-refractivity contribution is 5.86. The third-order valence-electron chi connectivity index (χ3n) is 11.4. The van der Waals surface area contributed by atoms with Crippen molar-refractivity contribution in [3.05, 3.63) is 11.6 Å². The summed E-state index contributed by atoms with van der Waals surface area (Å²) < 4.78 is 0. The van der Waals surface area contributed by atoms with Gasteiger partial charge < -0.3 is 15.1 Å². The van der Waals surface area contributed by atoms with Crippen molar-refractivity contribution >= 4 is 11.8 Å². The van der Waals surface area contributed by atoms with Crippen LogP contribution in [-0.4, -0.2) is 60.4 Å². The summed E-state index contributed by atoms with van der Waals surface area (Å²) in [5, 5.41) is 2.76. The molecule has 1 unspecified atom stereocenters. The predicted octanol–water partition coefficient (Wildman–Crippen LogP) is 4.23. The SMILES string of the molecule is CC(=O)N[C@H](C)C(=O)N(C)[C@H]1CC[C@@]2(C)C(=CC[C@@H]3C2CC[C@]24CN(C)[C@@H](C)[C@H]2CC[C@@H]34)C1. The first-order valence-electron chi connectivity index (χ1n) is 13.5. The molecular weight excluding hydrogens is 410 g/mol. The Bertz CT molecular complexity index is 854. The normalized spacial score (nSPS) is 45.2. The molecule has 0 bridgehead atoms. The van der Waals surface area contributed by atoms with Crippen LogP contribution >= 0.6 is 0 Å². The summed E-state index contributed by atoms with van der Waals surface area (Å²) in [6.45, 7) is 9.62. The molecule has 0 aromatic carbocycles. The van der Waals surface area contributed by atoms with Gasteiger partial charge in [0.1, 0.15) is 6.04 Å². The maximum absolute atomic E-state index is 12.9. The third-order valence-corrected chi connectivity index (χ3v) is 11.4. The van der Waals surface area contributed by atoms with Gasteiger partial charge in [-0.25, -0.2) is 0 Å². The molecule has 1 N–H and O–H groups in total. The van der Waals surface area contributed by atoms with E-state index in [4.69, 9.17) is 0 Å². The van der Waals surface area contributed by atoms with Gasteiger partial charge in [0.2, 0.25) is 11.8 Å². The van der Waals surface area contributed by atoms with E-state index >= 15 is 0 Å². The molecule has 5 aliphatic rings. The molecule has 3 saturated carbocycles. The van der Waals surface area contributed by atoms with Crippen molar-refractivity contribution in [1.82, 2.24) is 15.1 Å². The highest BCUT2D eigenvalue weighted by Gasteiger charge is 2.64. The molecule has 4 fully saturated rings. The van der Waals surface area contributed by atoms with Crippen LogP contribution < -0.4 is 5.32 Å². The van der Waals surface area contributed by atoms with Gasteiger partial charge in [0.25, 0.3) is 0 Å². The lowest BCUT2D eigenvalue weighted by molar-refractivity contribution is -0.137. The van der Waals surface area contributed by atoms with Gasteiger partial charge >= 0.3 is 0 Å². The Kier molecular flexibility index (Phi) is 5.74. The Balaban J connectivity index is 1.33. The largest absolute Gasteiger partial charge is 0.345 e. The molecule has 4 aliphatic carbocycles. The van der Waals surface area contributed by atoms with E-state index in [1.165, 1.54) is 52.0 Å². The fourth-order valence-electron chi connectivity index (χ4n) is 9.63. The second-order valence-corrected chi connectivity index (χ2v) is 12.6. The average Bonchev–Trinajstić information content (AvgIpc) is 3.25. The fourth-order valence-corrected chi connectivity index (χ4v) is 9.63. The Morgan fingerprint density at radius 2 is 1.88 bits per heavy atom. The highest BCUT2D eigenvalue weighted by Crippen LogP contribution is 2.68. The average molecular weight is 456 g/mol. The number of nitrogens with one attached hydrogen (secondary N) is 1. The van der Waals surface area contributed by atoms with E-state index in [2.05, 4.69) is 37.2 Å². The summed E-state index contributed by atoms with van der Waals surface area (Å²) >= 11 is 0. The molecule has 0 aromatic rings. The monoisotopic (exact) mass is 455 g/mol. The van der Waals surface area contributed by atoms with Crippen molar-refractivity contribution in [2.45, 2.75) is 97.2 Å². The molecule has 5 rings (SSSR count). The molecule has 184 valence electrons. The highest BCUT2D eigenvalue weighted by atomic mass is 16.2. The Morgan fingerprint density at radius 1 is 1.15 bits per heavy atom. The summed E-state index contributed by atoms with van der Waals surface area (Å²) in [5.41, 5.74) is 2.51. The number of fused-ring (bicyclic) bond motifs is 4. The minimum Gasteiger partial charge on any atom is -0.345 e. The van der Waals surface area contributed by atoms with Crippen LogP contribution in [0.15, 0.2) is 11.6 Å². The summed E-state index contributed by atoms with van der Waals surface area (Å²) in [7, 11) is 4.29. The van der Waals surface area contributed by atoms with Crippen molar-refractivity contribution in [2.75, 3.05) is 20.6 Å². The summed E-state index contributed by atoms with van der Waals surface area (Å²) in [6, 6.07) is 0.544. The minimum absolute atomic E-state index is 0.0316. The number of likely N-dealkylation sites (tertiary alicyclic amines) is 1.